The predicted molar refractivity (Wildman–Crippen MR) is 66.6 cm³/mol. The van der Waals surface area contributed by atoms with E-state index >= 15 is 0 Å². The van der Waals surface area contributed by atoms with Gasteiger partial charge >= 0.3 is 0 Å². The molecule has 5 nitrogen and oxygen atoms in total. The molecule has 2 aliphatic rings. The van der Waals surface area contributed by atoms with Crippen molar-refractivity contribution in [1.82, 2.24) is 9.71 Å². The summed E-state index contributed by atoms with van der Waals surface area (Å²) in [6, 6.07) is 2.64. The molecule has 6 heteroatoms. The molecule has 1 heterocycles. The number of H-pyrrole nitrogens is 1. The zero-order valence-corrected chi connectivity index (χ0v) is 10.7. The molecule has 2 fully saturated rings. The topological polar surface area (TPSA) is 79.0 Å². The van der Waals surface area contributed by atoms with Crippen molar-refractivity contribution < 1.29 is 8.42 Å². The van der Waals surface area contributed by atoms with E-state index in [0.29, 0.717) is 11.8 Å². The van der Waals surface area contributed by atoms with Crippen molar-refractivity contribution in [2.45, 2.75) is 36.6 Å². The second-order valence-electron chi connectivity index (χ2n) is 5.29. The number of aromatic amines is 1. The Balaban J connectivity index is 1.79. The lowest BCUT2D eigenvalue weighted by atomic mass is 9.96. The van der Waals surface area contributed by atoms with Gasteiger partial charge < -0.3 is 4.98 Å². The third-order valence-electron chi connectivity index (χ3n) is 4.11. The number of rotatable bonds is 3. The molecule has 98 valence electrons. The van der Waals surface area contributed by atoms with Gasteiger partial charge in [-0.25, -0.2) is 13.1 Å². The van der Waals surface area contributed by atoms with E-state index in [-0.39, 0.29) is 16.5 Å². The number of pyridine rings is 1. The van der Waals surface area contributed by atoms with Crippen molar-refractivity contribution in [3.05, 3.63) is 28.7 Å². The second-order valence-corrected chi connectivity index (χ2v) is 7.01. The van der Waals surface area contributed by atoms with Crippen LogP contribution in [0.2, 0.25) is 0 Å². The van der Waals surface area contributed by atoms with Crippen molar-refractivity contribution in [1.29, 1.82) is 0 Å². The summed E-state index contributed by atoms with van der Waals surface area (Å²) in [7, 11) is -3.50. The van der Waals surface area contributed by atoms with Crippen molar-refractivity contribution >= 4 is 10.0 Å². The molecule has 2 saturated carbocycles. The van der Waals surface area contributed by atoms with Crippen LogP contribution in [0.25, 0.3) is 0 Å². The standard InChI is InChI=1S/C12H16N2O3S/c15-12-4-3-10(7-13-12)18(16,17)14-11-6-8-1-2-9(11)5-8/h3-4,7-9,11,14H,1-2,5-6H2,(H,13,15). The lowest BCUT2D eigenvalue weighted by molar-refractivity contribution is 0.390. The molecular formula is C12H16N2O3S. The van der Waals surface area contributed by atoms with Crippen molar-refractivity contribution in [3.8, 4) is 0 Å². The lowest BCUT2D eigenvalue weighted by Gasteiger charge is -2.22. The normalized spacial score (nSPS) is 30.8. The quantitative estimate of drug-likeness (QED) is 0.852. The van der Waals surface area contributed by atoms with E-state index in [1.54, 1.807) is 0 Å². The molecule has 1 aromatic heterocycles. The van der Waals surface area contributed by atoms with Crippen molar-refractivity contribution in [2.75, 3.05) is 0 Å². The van der Waals surface area contributed by atoms with E-state index in [0.717, 1.165) is 19.3 Å². The number of fused-ring (bicyclic) bond motifs is 2. The Morgan fingerprint density at radius 1 is 1.22 bits per heavy atom. The first kappa shape index (κ1) is 11.9. The molecule has 0 radical (unpaired) electrons. The number of hydrogen-bond acceptors (Lipinski definition) is 3. The summed E-state index contributed by atoms with van der Waals surface area (Å²) >= 11 is 0. The van der Waals surface area contributed by atoms with Crippen LogP contribution < -0.4 is 10.3 Å². The van der Waals surface area contributed by atoms with Gasteiger partial charge in [0.15, 0.2) is 0 Å². The molecule has 0 saturated heterocycles. The van der Waals surface area contributed by atoms with Crippen LogP contribution in [0.1, 0.15) is 25.7 Å². The average molecular weight is 268 g/mol. The maximum Gasteiger partial charge on any atom is 0.247 e. The van der Waals surface area contributed by atoms with Gasteiger partial charge in [0.05, 0.1) is 4.90 Å². The van der Waals surface area contributed by atoms with Gasteiger partial charge in [0, 0.05) is 18.3 Å². The first-order valence-electron chi connectivity index (χ1n) is 6.26. The summed E-state index contributed by atoms with van der Waals surface area (Å²) in [6.07, 6.45) is 5.72. The molecule has 1 aromatic rings. The van der Waals surface area contributed by atoms with E-state index in [1.165, 1.54) is 24.8 Å². The van der Waals surface area contributed by atoms with Gasteiger partial charge in [-0.15, -0.1) is 0 Å². The SMILES string of the molecule is O=c1ccc(S(=O)(=O)NC2CC3CCC2C3)c[nH]1. The van der Waals surface area contributed by atoms with Crippen LogP contribution in [0.4, 0.5) is 0 Å². The van der Waals surface area contributed by atoms with Crippen molar-refractivity contribution in [2.24, 2.45) is 11.8 Å². The van der Waals surface area contributed by atoms with Gasteiger partial charge in [-0.3, -0.25) is 4.79 Å². The Hall–Kier alpha value is -1.14. The van der Waals surface area contributed by atoms with E-state index in [4.69, 9.17) is 0 Å². The predicted octanol–water partition coefficient (Wildman–Crippen LogP) is 0.842. The van der Waals surface area contributed by atoms with Crippen LogP contribution in [0.5, 0.6) is 0 Å². The molecule has 0 spiro atoms. The third kappa shape index (κ3) is 2.10. The number of aromatic nitrogens is 1. The Labute approximate surface area is 106 Å². The molecular weight excluding hydrogens is 252 g/mol. The fourth-order valence-corrected chi connectivity index (χ4v) is 4.50. The van der Waals surface area contributed by atoms with Crippen LogP contribution in [-0.2, 0) is 10.0 Å². The molecule has 0 aromatic carbocycles. The summed E-state index contributed by atoms with van der Waals surface area (Å²) in [6.45, 7) is 0. The number of nitrogens with one attached hydrogen (secondary N) is 2. The van der Waals surface area contributed by atoms with Crippen LogP contribution in [0.3, 0.4) is 0 Å². The van der Waals surface area contributed by atoms with Gasteiger partial charge in [0.1, 0.15) is 0 Å². The first-order chi connectivity index (χ1) is 8.54. The molecule has 2 N–H and O–H groups in total. The fourth-order valence-electron chi connectivity index (χ4n) is 3.22. The smallest absolute Gasteiger partial charge is 0.247 e. The van der Waals surface area contributed by atoms with Gasteiger partial charge in [-0.1, -0.05) is 6.42 Å². The van der Waals surface area contributed by atoms with Gasteiger partial charge in [0.2, 0.25) is 15.6 Å². The highest BCUT2D eigenvalue weighted by atomic mass is 32.2. The highest BCUT2D eigenvalue weighted by Crippen LogP contribution is 2.44. The van der Waals surface area contributed by atoms with Crippen molar-refractivity contribution in [3.63, 3.8) is 0 Å². The Kier molecular flexibility index (Phi) is 2.79. The molecule has 3 unspecified atom stereocenters. The van der Waals surface area contributed by atoms with E-state index in [9.17, 15) is 13.2 Å². The minimum absolute atomic E-state index is 0.0701. The fraction of sp³-hybridized carbons (Fsp3) is 0.583. The number of hydrogen-bond donors (Lipinski definition) is 2. The maximum absolute atomic E-state index is 12.1. The van der Waals surface area contributed by atoms with Crippen LogP contribution in [-0.4, -0.2) is 19.4 Å². The molecule has 18 heavy (non-hydrogen) atoms. The van der Waals surface area contributed by atoms with E-state index < -0.39 is 10.0 Å². The van der Waals surface area contributed by atoms with E-state index in [2.05, 4.69) is 9.71 Å². The molecule has 0 amide bonds. The first-order valence-corrected chi connectivity index (χ1v) is 7.74. The highest BCUT2D eigenvalue weighted by Gasteiger charge is 2.41. The lowest BCUT2D eigenvalue weighted by Crippen LogP contribution is -2.38. The van der Waals surface area contributed by atoms with Gasteiger partial charge in [0.25, 0.3) is 0 Å². The average Bonchev–Trinajstić information content (AvgIpc) is 2.91. The second kappa shape index (κ2) is 4.20. The number of sulfonamides is 1. The van der Waals surface area contributed by atoms with Crippen LogP contribution >= 0.6 is 0 Å². The summed E-state index contributed by atoms with van der Waals surface area (Å²) in [5.74, 6) is 1.19. The van der Waals surface area contributed by atoms with E-state index in [1.807, 2.05) is 0 Å². The third-order valence-corrected chi connectivity index (χ3v) is 5.60. The Morgan fingerprint density at radius 3 is 2.61 bits per heavy atom. The maximum atomic E-state index is 12.1. The molecule has 0 aliphatic heterocycles. The van der Waals surface area contributed by atoms with Crippen LogP contribution in [0.15, 0.2) is 28.0 Å². The molecule has 3 atom stereocenters. The van der Waals surface area contributed by atoms with Gasteiger partial charge in [-0.2, -0.15) is 0 Å². The Morgan fingerprint density at radius 2 is 2.06 bits per heavy atom. The molecule has 2 bridgehead atoms. The molecule has 3 rings (SSSR count). The minimum Gasteiger partial charge on any atom is -0.328 e. The highest BCUT2D eigenvalue weighted by molar-refractivity contribution is 7.89. The Bertz CT molecular complexity index is 587. The summed E-state index contributed by atoms with van der Waals surface area (Å²) in [5.41, 5.74) is -0.297. The van der Waals surface area contributed by atoms with Gasteiger partial charge in [-0.05, 0) is 37.2 Å². The molecule has 2 aliphatic carbocycles. The minimum atomic E-state index is -3.50. The summed E-state index contributed by atoms with van der Waals surface area (Å²) in [5, 5.41) is 0. The largest absolute Gasteiger partial charge is 0.328 e. The summed E-state index contributed by atoms with van der Waals surface area (Å²) < 4.78 is 27.1. The zero-order valence-electron chi connectivity index (χ0n) is 9.93. The zero-order chi connectivity index (χ0) is 12.8. The monoisotopic (exact) mass is 268 g/mol. The summed E-state index contributed by atoms with van der Waals surface area (Å²) in [4.78, 5) is 13.4. The van der Waals surface area contributed by atoms with Crippen LogP contribution in [0, 0.1) is 11.8 Å².